The Morgan fingerprint density at radius 2 is 2.04 bits per heavy atom. The van der Waals surface area contributed by atoms with Gasteiger partial charge in [-0.05, 0) is 42.7 Å². The topological polar surface area (TPSA) is 66.8 Å². The van der Waals surface area contributed by atoms with E-state index in [-0.39, 0.29) is 11.5 Å². The van der Waals surface area contributed by atoms with Crippen molar-refractivity contribution < 1.29 is 19.4 Å². The van der Waals surface area contributed by atoms with Gasteiger partial charge in [-0.2, -0.15) is 0 Å². The lowest BCUT2D eigenvalue weighted by atomic mass is 9.97. The maximum atomic E-state index is 12.8. The van der Waals surface area contributed by atoms with E-state index in [0.29, 0.717) is 23.7 Å². The Bertz CT molecular complexity index is 781. The van der Waals surface area contributed by atoms with Crippen LogP contribution in [0.3, 0.4) is 0 Å². The number of methoxy groups -OCH3 is 1. The van der Waals surface area contributed by atoms with Crippen molar-refractivity contribution in [3.8, 4) is 5.75 Å². The number of fused-ring (bicyclic) bond motifs is 1. The van der Waals surface area contributed by atoms with Gasteiger partial charge >= 0.3 is 5.97 Å². The lowest BCUT2D eigenvalue weighted by Crippen LogP contribution is -2.35. The first-order valence-electron chi connectivity index (χ1n) is 7.28. The van der Waals surface area contributed by atoms with Gasteiger partial charge in [0.05, 0.1) is 12.7 Å². The number of ether oxygens (including phenoxy) is 1. The molecule has 1 aromatic heterocycles. The van der Waals surface area contributed by atoms with Crippen molar-refractivity contribution >= 4 is 23.2 Å². The van der Waals surface area contributed by atoms with Gasteiger partial charge in [-0.25, -0.2) is 4.79 Å². The molecule has 6 heteroatoms. The van der Waals surface area contributed by atoms with Crippen LogP contribution in [0.5, 0.6) is 5.75 Å². The normalized spacial score (nSPS) is 13.6. The minimum atomic E-state index is -0.952. The van der Waals surface area contributed by atoms with E-state index >= 15 is 0 Å². The SMILES string of the molecule is COc1cc(C)sc1C(=O)N1CCc2ccc(C(=O)O)cc2C1. The molecule has 3 rings (SSSR count). The van der Waals surface area contributed by atoms with E-state index in [1.807, 2.05) is 19.1 Å². The Hall–Kier alpha value is -2.34. The Morgan fingerprint density at radius 3 is 2.74 bits per heavy atom. The van der Waals surface area contributed by atoms with E-state index in [1.54, 1.807) is 24.1 Å². The van der Waals surface area contributed by atoms with Gasteiger partial charge in [0.25, 0.3) is 5.91 Å². The first kappa shape index (κ1) is 15.6. The van der Waals surface area contributed by atoms with Crippen LogP contribution in [-0.4, -0.2) is 35.5 Å². The Balaban J connectivity index is 1.87. The van der Waals surface area contributed by atoms with Gasteiger partial charge in [-0.3, -0.25) is 4.79 Å². The molecule has 2 aromatic rings. The Morgan fingerprint density at radius 1 is 1.26 bits per heavy atom. The summed E-state index contributed by atoms with van der Waals surface area (Å²) in [5.41, 5.74) is 2.26. The molecule has 0 aliphatic carbocycles. The van der Waals surface area contributed by atoms with Crippen LogP contribution in [0.2, 0.25) is 0 Å². The summed E-state index contributed by atoms with van der Waals surface area (Å²) in [6.07, 6.45) is 0.730. The average molecular weight is 331 g/mol. The van der Waals surface area contributed by atoms with Crippen LogP contribution < -0.4 is 4.74 Å². The van der Waals surface area contributed by atoms with Crippen LogP contribution in [0.1, 0.15) is 36.0 Å². The third-order valence-corrected chi connectivity index (χ3v) is 5.01. The third kappa shape index (κ3) is 2.94. The van der Waals surface area contributed by atoms with Crippen LogP contribution in [0.4, 0.5) is 0 Å². The van der Waals surface area contributed by atoms with Gasteiger partial charge < -0.3 is 14.7 Å². The number of carbonyl (C=O) groups is 2. The number of thiophene rings is 1. The number of carboxylic acids is 1. The molecule has 1 N–H and O–H groups in total. The molecule has 1 aliphatic rings. The van der Waals surface area contributed by atoms with E-state index in [9.17, 15) is 9.59 Å². The van der Waals surface area contributed by atoms with Crippen molar-refractivity contribution in [1.29, 1.82) is 0 Å². The minimum Gasteiger partial charge on any atom is -0.495 e. The van der Waals surface area contributed by atoms with Crippen LogP contribution in [0, 0.1) is 6.92 Å². The van der Waals surface area contributed by atoms with Gasteiger partial charge in [0, 0.05) is 18.0 Å². The van der Waals surface area contributed by atoms with Gasteiger partial charge in [-0.1, -0.05) is 6.07 Å². The Labute approximate surface area is 138 Å². The van der Waals surface area contributed by atoms with E-state index in [2.05, 4.69) is 0 Å². The molecule has 2 heterocycles. The third-order valence-electron chi connectivity index (χ3n) is 3.99. The summed E-state index contributed by atoms with van der Waals surface area (Å²) >= 11 is 1.42. The van der Waals surface area contributed by atoms with Crippen LogP contribution in [0.25, 0.3) is 0 Å². The molecule has 0 saturated carbocycles. The van der Waals surface area contributed by atoms with Crippen molar-refractivity contribution in [3.05, 3.63) is 50.7 Å². The molecule has 120 valence electrons. The minimum absolute atomic E-state index is 0.0636. The number of carboxylic acid groups (broad SMARTS) is 1. The van der Waals surface area contributed by atoms with Crippen molar-refractivity contribution in [1.82, 2.24) is 4.90 Å². The predicted octanol–water partition coefficient (Wildman–Crippen LogP) is 2.96. The molecule has 1 aliphatic heterocycles. The molecule has 0 radical (unpaired) electrons. The highest BCUT2D eigenvalue weighted by Crippen LogP contribution is 2.31. The molecule has 0 unspecified atom stereocenters. The Kier molecular flexibility index (Phi) is 4.09. The largest absolute Gasteiger partial charge is 0.495 e. The summed E-state index contributed by atoms with van der Waals surface area (Å²) in [5.74, 6) is -0.416. The second-order valence-electron chi connectivity index (χ2n) is 5.52. The zero-order valence-electron chi connectivity index (χ0n) is 13.0. The van der Waals surface area contributed by atoms with E-state index in [1.165, 1.54) is 11.3 Å². The highest BCUT2D eigenvalue weighted by Gasteiger charge is 2.26. The fraction of sp³-hybridized carbons (Fsp3) is 0.294. The van der Waals surface area contributed by atoms with E-state index in [4.69, 9.17) is 9.84 Å². The maximum absolute atomic E-state index is 12.8. The highest BCUT2D eigenvalue weighted by molar-refractivity contribution is 7.14. The zero-order valence-corrected chi connectivity index (χ0v) is 13.8. The van der Waals surface area contributed by atoms with Crippen molar-refractivity contribution in [2.24, 2.45) is 0 Å². The summed E-state index contributed by atoms with van der Waals surface area (Å²) < 4.78 is 5.28. The second-order valence-corrected chi connectivity index (χ2v) is 6.78. The van der Waals surface area contributed by atoms with Gasteiger partial charge in [-0.15, -0.1) is 11.3 Å². The number of nitrogens with zero attached hydrogens (tertiary/aromatic N) is 1. The number of aryl methyl sites for hydroxylation is 1. The van der Waals surface area contributed by atoms with Crippen LogP contribution in [-0.2, 0) is 13.0 Å². The molecule has 0 atom stereocenters. The molecule has 0 spiro atoms. The standard InChI is InChI=1S/C17H17NO4S/c1-10-7-14(22-2)15(23-10)16(19)18-6-5-11-3-4-12(17(20)21)8-13(11)9-18/h3-4,7-8H,5-6,9H2,1-2H3,(H,20,21). The first-order chi connectivity index (χ1) is 11.0. The molecule has 23 heavy (non-hydrogen) atoms. The fourth-order valence-electron chi connectivity index (χ4n) is 2.80. The summed E-state index contributed by atoms with van der Waals surface area (Å²) in [4.78, 5) is 27.3. The van der Waals surface area contributed by atoms with Crippen LogP contribution >= 0.6 is 11.3 Å². The molecule has 1 aromatic carbocycles. The number of aromatic carboxylic acids is 1. The number of rotatable bonds is 3. The summed E-state index contributed by atoms with van der Waals surface area (Å²) in [6, 6.07) is 6.98. The monoisotopic (exact) mass is 331 g/mol. The average Bonchev–Trinajstić information content (AvgIpc) is 2.94. The van der Waals surface area contributed by atoms with Crippen LogP contribution in [0.15, 0.2) is 24.3 Å². The fourth-order valence-corrected chi connectivity index (χ4v) is 3.75. The molecular weight excluding hydrogens is 314 g/mol. The van der Waals surface area contributed by atoms with E-state index < -0.39 is 5.97 Å². The molecule has 0 bridgehead atoms. The van der Waals surface area contributed by atoms with Gasteiger partial charge in [0.15, 0.2) is 0 Å². The second kappa shape index (κ2) is 6.04. The quantitative estimate of drug-likeness (QED) is 0.939. The van der Waals surface area contributed by atoms with E-state index in [0.717, 1.165) is 22.4 Å². The number of amides is 1. The molecular formula is C17H17NO4S. The molecule has 1 amide bonds. The smallest absolute Gasteiger partial charge is 0.335 e. The first-order valence-corrected chi connectivity index (χ1v) is 8.10. The molecule has 0 saturated heterocycles. The number of carbonyl (C=O) groups excluding carboxylic acids is 1. The predicted molar refractivity (Wildman–Crippen MR) is 87.5 cm³/mol. The highest BCUT2D eigenvalue weighted by atomic mass is 32.1. The van der Waals surface area contributed by atoms with Gasteiger partial charge in [0.1, 0.15) is 10.6 Å². The summed E-state index contributed by atoms with van der Waals surface area (Å²) in [7, 11) is 1.56. The lowest BCUT2D eigenvalue weighted by Gasteiger charge is -2.29. The maximum Gasteiger partial charge on any atom is 0.335 e. The summed E-state index contributed by atoms with van der Waals surface area (Å²) in [5, 5.41) is 9.12. The lowest BCUT2D eigenvalue weighted by molar-refractivity contribution is 0.0696. The van der Waals surface area contributed by atoms with Crippen molar-refractivity contribution in [3.63, 3.8) is 0 Å². The molecule has 5 nitrogen and oxygen atoms in total. The number of hydrogen-bond acceptors (Lipinski definition) is 4. The summed E-state index contributed by atoms with van der Waals surface area (Å²) in [6.45, 7) is 2.99. The van der Waals surface area contributed by atoms with Crippen molar-refractivity contribution in [2.75, 3.05) is 13.7 Å². The molecule has 0 fully saturated rings. The number of hydrogen-bond donors (Lipinski definition) is 1. The number of benzene rings is 1. The van der Waals surface area contributed by atoms with Crippen molar-refractivity contribution in [2.45, 2.75) is 19.9 Å². The zero-order chi connectivity index (χ0) is 16.6. The van der Waals surface area contributed by atoms with Gasteiger partial charge in [0.2, 0.25) is 0 Å².